The molecule has 0 unspecified atom stereocenters. The van der Waals surface area contributed by atoms with Gasteiger partial charge in [-0.25, -0.2) is 0 Å². The van der Waals surface area contributed by atoms with Crippen LogP contribution in [0.5, 0.6) is 0 Å². The molecular weight excluding hydrogens is 797 g/mol. The normalized spacial score (nSPS) is 11.3. The SMILES string of the molecule is c1ccc(-c2ccc(N(c3ccccc3-c3ccc(-c4ccc5ccccc5c4)cc3)c3ccc(-c4ccccc4-n4c5ccccc5c5ccccc54)cc3-c3ccccc3)cc2)cc1. The molecular formula is C64H44N2. The third-order valence-electron chi connectivity index (χ3n) is 13.0. The molecule has 12 aromatic rings. The Labute approximate surface area is 385 Å². The number of fused-ring (bicyclic) bond motifs is 4. The molecule has 0 saturated carbocycles. The molecule has 11 aromatic carbocycles. The first kappa shape index (κ1) is 38.9. The van der Waals surface area contributed by atoms with Crippen LogP contribution in [0.2, 0.25) is 0 Å². The Kier molecular flexibility index (Phi) is 9.89. The van der Waals surface area contributed by atoms with Crippen molar-refractivity contribution >= 4 is 49.6 Å². The lowest BCUT2D eigenvalue weighted by Gasteiger charge is -2.30. The number of para-hydroxylation sites is 4. The Hall–Kier alpha value is -8.72. The van der Waals surface area contributed by atoms with Crippen molar-refractivity contribution in [3.05, 3.63) is 267 Å². The van der Waals surface area contributed by atoms with E-state index >= 15 is 0 Å². The van der Waals surface area contributed by atoms with Crippen LogP contribution < -0.4 is 4.90 Å². The Morgan fingerprint density at radius 1 is 0.258 bits per heavy atom. The van der Waals surface area contributed by atoms with Crippen molar-refractivity contribution in [1.29, 1.82) is 0 Å². The molecule has 1 aromatic heterocycles. The molecule has 0 spiro atoms. The molecule has 2 heteroatoms. The summed E-state index contributed by atoms with van der Waals surface area (Å²) in [7, 11) is 0. The van der Waals surface area contributed by atoms with Gasteiger partial charge in [0.25, 0.3) is 0 Å². The van der Waals surface area contributed by atoms with Gasteiger partial charge in [0.05, 0.1) is 28.1 Å². The van der Waals surface area contributed by atoms with Gasteiger partial charge in [0.1, 0.15) is 0 Å². The van der Waals surface area contributed by atoms with Crippen molar-refractivity contribution in [2.75, 3.05) is 4.90 Å². The van der Waals surface area contributed by atoms with Crippen molar-refractivity contribution in [2.24, 2.45) is 0 Å². The van der Waals surface area contributed by atoms with Gasteiger partial charge in [0, 0.05) is 33.2 Å². The van der Waals surface area contributed by atoms with Gasteiger partial charge in [0.15, 0.2) is 0 Å². The van der Waals surface area contributed by atoms with Gasteiger partial charge in [-0.05, 0) is 104 Å². The van der Waals surface area contributed by atoms with Gasteiger partial charge in [-0.3, -0.25) is 0 Å². The number of benzene rings is 11. The lowest BCUT2D eigenvalue weighted by molar-refractivity contribution is 1.18. The van der Waals surface area contributed by atoms with Crippen molar-refractivity contribution in [1.82, 2.24) is 4.57 Å². The molecule has 0 aliphatic heterocycles. The van der Waals surface area contributed by atoms with Gasteiger partial charge in [-0.15, -0.1) is 0 Å². The molecule has 0 fully saturated rings. The zero-order valence-electron chi connectivity index (χ0n) is 36.3. The fourth-order valence-electron chi connectivity index (χ4n) is 9.81. The lowest BCUT2D eigenvalue weighted by atomic mass is 9.94. The molecule has 0 amide bonds. The number of nitrogens with zero attached hydrogens (tertiary/aromatic N) is 2. The highest BCUT2D eigenvalue weighted by molar-refractivity contribution is 6.10. The zero-order valence-corrected chi connectivity index (χ0v) is 36.3. The molecule has 0 aliphatic rings. The van der Waals surface area contributed by atoms with Crippen LogP contribution in [0.25, 0.3) is 93.9 Å². The second-order valence-corrected chi connectivity index (χ2v) is 16.9. The van der Waals surface area contributed by atoms with Crippen molar-refractivity contribution in [3.8, 4) is 61.3 Å². The quantitative estimate of drug-likeness (QED) is 0.141. The smallest absolute Gasteiger partial charge is 0.0541 e. The van der Waals surface area contributed by atoms with E-state index < -0.39 is 0 Å². The molecule has 66 heavy (non-hydrogen) atoms. The molecule has 2 nitrogen and oxygen atoms in total. The third kappa shape index (κ3) is 7.02. The summed E-state index contributed by atoms with van der Waals surface area (Å²) < 4.78 is 2.43. The lowest BCUT2D eigenvalue weighted by Crippen LogP contribution is -2.12. The second kappa shape index (κ2) is 16.8. The van der Waals surface area contributed by atoms with Gasteiger partial charge in [0.2, 0.25) is 0 Å². The summed E-state index contributed by atoms with van der Waals surface area (Å²) in [6.07, 6.45) is 0. The molecule has 0 bridgehead atoms. The van der Waals surface area contributed by atoms with E-state index in [1.165, 1.54) is 60.4 Å². The molecule has 310 valence electrons. The highest BCUT2D eigenvalue weighted by Crippen LogP contribution is 2.47. The van der Waals surface area contributed by atoms with Crippen LogP contribution in [0.4, 0.5) is 17.1 Å². The Morgan fingerprint density at radius 3 is 1.45 bits per heavy atom. The number of rotatable bonds is 9. The van der Waals surface area contributed by atoms with Crippen molar-refractivity contribution in [3.63, 3.8) is 0 Å². The number of anilines is 3. The topological polar surface area (TPSA) is 8.17 Å². The summed E-state index contributed by atoms with van der Waals surface area (Å²) in [5.41, 5.74) is 18.5. The van der Waals surface area contributed by atoms with E-state index in [1.54, 1.807) is 0 Å². The molecule has 12 rings (SSSR count). The van der Waals surface area contributed by atoms with E-state index in [9.17, 15) is 0 Å². The zero-order chi connectivity index (χ0) is 43.8. The van der Waals surface area contributed by atoms with E-state index in [0.717, 1.165) is 50.6 Å². The number of hydrogen-bond acceptors (Lipinski definition) is 1. The minimum atomic E-state index is 1.07. The van der Waals surface area contributed by atoms with Gasteiger partial charge < -0.3 is 9.47 Å². The molecule has 0 radical (unpaired) electrons. The van der Waals surface area contributed by atoms with Crippen LogP contribution in [0.3, 0.4) is 0 Å². The number of aromatic nitrogens is 1. The monoisotopic (exact) mass is 840 g/mol. The maximum absolute atomic E-state index is 2.45. The summed E-state index contributed by atoms with van der Waals surface area (Å²) in [5.74, 6) is 0. The first-order valence-corrected chi connectivity index (χ1v) is 22.7. The van der Waals surface area contributed by atoms with Crippen LogP contribution >= 0.6 is 0 Å². The fraction of sp³-hybridized carbons (Fsp3) is 0. The van der Waals surface area contributed by atoms with E-state index in [0.29, 0.717) is 0 Å². The summed E-state index contributed by atoms with van der Waals surface area (Å²) in [4.78, 5) is 2.45. The first-order chi connectivity index (χ1) is 32.7. The average molecular weight is 841 g/mol. The molecule has 0 N–H and O–H groups in total. The standard InChI is InChI=1S/C64H44N2/c1-3-17-45(18-4-1)47-37-40-54(41-38-47)65(60-27-13-9-23-55(60)50-34-31-48(32-35-50)52-36-33-46-19-7-8-22-51(46)43-52)64-42-39-53(44-59(64)49-20-5-2-6-21-49)56-24-10-14-28-61(56)66-62-29-15-11-25-57(62)58-26-12-16-30-63(58)66/h1-44H. The van der Waals surface area contributed by atoms with Crippen LogP contribution in [0.1, 0.15) is 0 Å². The summed E-state index contributed by atoms with van der Waals surface area (Å²) in [6, 6.07) is 97.0. The maximum Gasteiger partial charge on any atom is 0.0541 e. The van der Waals surface area contributed by atoms with E-state index in [-0.39, 0.29) is 0 Å². The van der Waals surface area contributed by atoms with Crippen LogP contribution in [-0.2, 0) is 0 Å². The van der Waals surface area contributed by atoms with E-state index in [2.05, 4.69) is 276 Å². The molecule has 1 heterocycles. The molecule has 0 atom stereocenters. The van der Waals surface area contributed by atoms with Gasteiger partial charge in [-0.2, -0.15) is 0 Å². The Bertz CT molecular complexity index is 3630. The first-order valence-electron chi connectivity index (χ1n) is 22.7. The highest BCUT2D eigenvalue weighted by atomic mass is 15.1. The summed E-state index contributed by atoms with van der Waals surface area (Å²) in [6.45, 7) is 0. The minimum absolute atomic E-state index is 1.07. The third-order valence-corrected chi connectivity index (χ3v) is 13.0. The second-order valence-electron chi connectivity index (χ2n) is 16.9. The largest absolute Gasteiger partial charge is 0.309 e. The maximum atomic E-state index is 2.45. The minimum Gasteiger partial charge on any atom is -0.309 e. The Morgan fingerprint density at radius 2 is 0.727 bits per heavy atom. The van der Waals surface area contributed by atoms with Crippen LogP contribution in [0.15, 0.2) is 267 Å². The highest BCUT2D eigenvalue weighted by Gasteiger charge is 2.23. The van der Waals surface area contributed by atoms with Gasteiger partial charge >= 0.3 is 0 Å². The predicted molar refractivity (Wildman–Crippen MR) is 280 cm³/mol. The predicted octanol–water partition coefficient (Wildman–Crippen LogP) is 17.7. The summed E-state index contributed by atoms with van der Waals surface area (Å²) in [5, 5.41) is 4.99. The average Bonchev–Trinajstić information content (AvgIpc) is 3.74. The van der Waals surface area contributed by atoms with Crippen LogP contribution in [0, 0.1) is 0 Å². The molecule has 0 saturated heterocycles. The van der Waals surface area contributed by atoms with Crippen LogP contribution in [-0.4, -0.2) is 4.57 Å². The number of hydrogen-bond donors (Lipinski definition) is 0. The fourth-order valence-corrected chi connectivity index (χ4v) is 9.81. The van der Waals surface area contributed by atoms with E-state index in [4.69, 9.17) is 0 Å². The van der Waals surface area contributed by atoms with Gasteiger partial charge in [-0.1, -0.05) is 212 Å². The Balaban J connectivity index is 1.04. The van der Waals surface area contributed by atoms with Crippen molar-refractivity contribution < 1.29 is 0 Å². The summed E-state index contributed by atoms with van der Waals surface area (Å²) >= 11 is 0. The molecule has 0 aliphatic carbocycles. The van der Waals surface area contributed by atoms with Crippen molar-refractivity contribution in [2.45, 2.75) is 0 Å². The van der Waals surface area contributed by atoms with E-state index in [1.807, 2.05) is 0 Å².